The van der Waals surface area contributed by atoms with Crippen LogP contribution in [0.15, 0.2) is 12.2 Å². The fraction of sp³-hybridized carbons (Fsp3) is 0.667. The fourth-order valence-electron chi connectivity index (χ4n) is 0.626. The van der Waals surface area contributed by atoms with E-state index in [1.54, 1.807) is 0 Å². The van der Waals surface area contributed by atoms with Gasteiger partial charge < -0.3 is 4.74 Å². The molecule has 8 heteroatoms. The summed E-state index contributed by atoms with van der Waals surface area (Å²) >= 11 is 0. The Hall–Kier alpha value is -1.02. The van der Waals surface area contributed by atoms with Gasteiger partial charge in [-0.3, -0.25) is 0 Å². The van der Waals surface area contributed by atoms with Gasteiger partial charge >= 0.3 is 12.1 Å². The SMILES string of the molecule is C=C(C)C(=O)OC(C)C(F)(F)OS(=O)(=O)CC. The molecule has 0 bridgehead atoms. The molecule has 0 aliphatic rings. The number of rotatable bonds is 6. The first kappa shape index (κ1) is 16.0. The third-order valence-electron chi connectivity index (χ3n) is 1.70. The largest absolute Gasteiger partial charge is 0.450 e. The molecule has 1 unspecified atom stereocenters. The van der Waals surface area contributed by atoms with Gasteiger partial charge in [0.25, 0.3) is 10.1 Å². The van der Waals surface area contributed by atoms with E-state index < -0.39 is 34.1 Å². The van der Waals surface area contributed by atoms with E-state index in [1.807, 2.05) is 0 Å². The molecule has 0 saturated carbocycles. The highest BCUT2D eigenvalue weighted by atomic mass is 32.2. The molecule has 0 saturated heterocycles. The first-order chi connectivity index (χ1) is 7.52. The molecule has 0 aromatic heterocycles. The van der Waals surface area contributed by atoms with Gasteiger partial charge in [-0.05, 0) is 20.8 Å². The molecule has 0 amide bonds. The Balaban J connectivity index is 4.72. The van der Waals surface area contributed by atoms with Crippen molar-refractivity contribution >= 4 is 16.1 Å². The predicted octanol–water partition coefficient (Wildman–Crippen LogP) is 1.45. The van der Waals surface area contributed by atoms with Gasteiger partial charge in [-0.1, -0.05) is 6.58 Å². The van der Waals surface area contributed by atoms with E-state index in [4.69, 9.17) is 0 Å². The lowest BCUT2D eigenvalue weighted by Gasteiger charge is -2.22. The quantitative estimate of drug-likeness (QED) is 0.416. The summed E-state index contributed by atoms with van der Waals surface area (Å²) in [4.78, 5) is 11.0. The van der Waals surface area contributed by atoms with Crippen LogP contribution in [-0.2, 0) is 23.8 Å². The molecule has 0 spiro atoms. The Labute approximate surface area is 98.5 Å². The second-order valence-electron chi connectivity index (χ2n) is 3.32. The molecule has 100 valence electrons. The van der Waals surface area contributed by atoms with Gasteiger partial charge in [0.15, 0.2) is 6.10 Å². The van der Waals surface area contributed by atoms with Crippen molar-refractivity contribution in [1.29, 1.82) is 0 Å². The highest BCUT2D eigenvalue weighted by Gasteiger charge is 2.44. The van der Waals surface area contributed by atoms with Gasteiger partial charge in [-0.15, -0.1) is 0 Å². The van der Waals surface area contributed by atoms with E-state index >= 15 is 0 Å². The molecule has 0 rings (SSSR count). The van der Waals surface area contributed by atoms with Crippen LogP contribution in [0.3, 0.4) is 0 Å². The predicted molar refractivity (Wildman–Crippen MR) is 55.9 cm³/mol. The first-order valence-corrected chi connectivity index (χ1v) is 6.27. The minimum absolute atomic E-state index is 0.0778. The van der Waals surface area contributed by atoms with E-state index in [-0.39, 0.29) is 5.57 Å². The molecule has 0 N–H and O–H groups in total. The molecule has 0 radical (unpaired) electrons. The van der Waals surface area contributed by atoms with Crippen LogP contribution in [0, 0.1) is 0 Å². The number of ether oxygens (including phenoxy) is 1. The number of esters is 1. The summed E-state index contributed by atoms with van der Waals surface area (Å²) in [6, 6.07) is 0. The molecular weight excluding hydrogens is 258 g/mol. The Morgan fingerprint density at radius 1 is 1.47 bits per heavy atom. The Morgan fingerprint density at radius 2 is 1.94 bits per heavy atom. The molecule has 0 heterocycles. The molecule has 5 nitrogen and oxygen atoms in total. The van der Waals surface area contributed by atoms with Crippen LogP contribution in [0.1, 0.15) is 20.8 Å². The van der Waals surface area contributed by atoms with Gasteiger partial charge in [-0.25, -0.2) is 4.79 Å². The Kier molecular flexibility index (Phi) is 5.21. The van der Waals surface area contributed by atoms with Gasteiger partial charge in [-0.2, -0.15) is 21.4 Å². The van der Waals surface area contributed by atoms with E-state index in [2.05, 4.69) is 15.5 Å². The summed E-state index contributed by atoms with van der Waals surface area (Å²) in [6.45, 7) is 6.45. The summed E-state index contributed by atoms with van der Waals surface area (Å²) < 4.78 is 56.1. The standard InChI is InChI=1S/C9H14F2O5S/c1-5-17(13,14)16-9(10,11)7(4)15-8(12)6(2)3/h7H,2,5H2,1,3-4H3. The van der Waals surface area contributed by atoms with Gasteiger partial charge in [0.05, 0.1) is 5.75 Å². The zero-order chi connectivity index (χ0) is 13.9. The first-order valence-electron chi connectivity index (χ1n) is 4.69. The van der Waals surface area contributed by atoms with Crippen LogP contribution in [-0.4, -0.2) is 32.4 Å². The highest BCUT2D eigenvalue weighted by molar-refractivity contribution is 7.86. The van der Waals surface area contributed by atoms with Crippen LogP contribution < -0.4 is 0 Å². The van der Waals surface area contributed by atoms with Crippen molar-refractivity contribution in [3.05, 3.63) is 12.2 Å². The lowest BCUT2D eigenvalue weighted by atomic mass is 10.3. The van der Waals surface area contributed by atoms with Crippen LogP contribution in [0.25, 0.3) is 0 Å². The summed E-state index contributed by atoms with van der Waals surface area (Å²) in [7, 11) is -4.34. The summed E-state index contributed by atoms with van der Waals surface area (Å²) in [5.74, 6) is -1.65. The molecule has 0 aliphatic heterocycles. The van der Waals surface area contributed by atoms with Gasteiger partial charge in [0.2, 0.25) is 0 Å². The van der Waals surface area contributed by atoms with Gasteiger partial charge in [0.1, 0.15) is 0 Å². The molecule has 0 aromatic rings. The second kappa shape index (κ2) is 5.54. The van der Waals surface area contributed by atoms with E-state index in [1.165, 1.54) is 6.92 Å². The number of carbonyl (C=O) groups excluding carboxylic acids is 1. The van der Waals surface area contributed by atoms with Crippen molar-refractivity contribution in [3.63, 3.8) is 0 Å². The smallest absolute Gasteiger partial charge is 0.405 e. The normalized spacial score (nSPS) is 14.2. The van der Waals surface area contributed by atoms with Crippen LogP contribution in [0.4, 0.5) is 8.78 Å². The third kappa shape index (κ3) is 5.22. The maximum absolute atomic E-state index is 13.2. The molecule has 1 atom stereocenters. The zero-order valence-corrected chi connectivity index (χ0v) is 10.5. The average molecular weight is 272 g/mol. The average Bonchev–Trinajstić information content (AvgIpc) is 2.15. The summed E-state index contributed by atoms with van der Waals surface area (Å²) in [5.41, 5.74) is -0.0778. The van der Waals surface area contributed by atoms with Crippen molar-refractivity contribution in [2.24, 2.45) is 0 Å². The van der Waals surface area contributed by atoms with Crippen LogP contribution in [0.2, 0.25) is 0 Å². The Bertz CT molecular complexity index is 402. The van der Waals surface area contributed by atoms with Crippen molar-refractivity contribution < 1.29 is 30.9 Å². The topological polar surface area (TPSA) is 69.7 Å². The molecule has 17 heavy (non-hydrogen) atoms. The summed E-state index contributed by atoms with van der Waals surface area (Å²) in [5, 5.41) is 0. The lowest BCUT2D eigenvalue weighted by Crippen LogP contribution is -2.39. The van der Waals surface area contributed by atoms with Crippen LogP contribution in [0.5, 0.6) is 0 Å². The molecule has 0 aliphatic carbocycles. The number of halogens is 2. The highest BCUT2D eigenvalue weighted by Crippen LogP contribution is 2.25. The second-order valence-corrected chi connectivity index (χ2v) is 5.18. The van der Waals surface area contributed by atoms with Crippen molar-refractivity contribution in [1.82, 2.24) is 0 Å². The fourth-order valence-corrected chi connectivity index (χ4v) is 1.22. The summed E-state index contributed by atoms with van der Waals surface area (Å²) in [6.07, 6.45) is -6.15. The zero-order valence-electron chi connectivity index (χ0n) is 9.70. The lowest BCUT2D eigenvalue weighted by molar-refractivity contribution is -0.240. The maximum atomic E-state index is 13.2. The van der Waals surface area contributed by atoms with Crippen molar-refractivity contribution in [3.8, 4) is 0 Å². The van der Waals surface area contributed by atoms with E-state index in [9.17, 15) is 22.0 Å². The monoisotopic (exact) mass is 272 g/mol. The van der Waals surface area contributed by atoms with Crippen molar-refractivity contribution in [2.75, 3.05) is 5.75 Å². The van der Waals surface area contributed by atoms with E-state index in [0.717, 1.165) is 13.8 Å². The number of hydrogen-bond acceptors (Lipinski definition) is 5. The molecule has 0 fully saturated rings. The minimum Gasteiger partial charge on any atom is -0.450 e. The van der Waals surface area contributed by atoms with Gasteiger partial charge in [0, 0.05) is 5.57 Å². The van der Waals surface area contributed by atoms with Crippen LogP contribution >= 0.6 is 0 Å². The number of hydrogen-bond donors (Lipinski definition) is 0. The van der Waals surface area contributed by atoms with E-state index in [0.29, 0.717) is 0 Å². The third-order valence-corrected chi connectivity index (χ3v) is 2.88. The number of alkyl halides is 2. The minimum atomic E-state index is -4.34. The Morgan fingerprint density at radius 3 is 2.29 bits per heavy atom. The van der Waals surface area contributed by atoms with Crippen molar-refractivity contribution in [2.45, 2.75) is 33.0 Å². The molecule has 0 aromatic carbocycles. The molecular formula is C9H14F2O5S. The number of carbonyl (C=O) groups is 1. The maximum Gasteiger partial charge on any atom is 0.405 e.